The fourth-order valence-electron chi connectivity index (χ4n) is 3.84. The largest absolute Gasteiger partial charge is 0.594 e. The van der Waals surface area contributed by atoms with Gasteiger partial charge in [0.15, 0.2) is 0 Å². The Morgan fingerprint density at radius 1 is 0.706 bits per heavy atom. The minimum absolute atomic E-state index is 0.483. The Morgan fingerprint density at radius 3 is 1.74 bits per heavy atom. The topological polar surface area (TPSA) is 62.2 Å². The maximum absolute atomic E-state index is 12.6. The summed E-state index contributed by atoms with van der Waals surface area (Å²) in [6.45, 7) is 2.22. The predicted octanol–water partition coefficient (Wildman–Crippen LogP) is 8.55. The highest BCUT2D eigenvalue weighted by Crippen LogP contribution is 2.26. The highest BCUT2D eigenvalue weighted by atomic mass is 16.5. The second-order valence-corrected chi connectivity index (χ2v) is 8.31. The van der Waals surface area contributed by atoms with Gasteiger partial charge in [-0.05, 0) is 77.1 Å². The Balaban J connectivity index is 1.43. The first kappa shape index (κ1) is 22.9. The summed E-state index contributed by atoms with van der Waals surface area (Å²) < 4.78 is 0. The van der Waals surface area contributed by atoms with Gasteiger partial charge in [-0.25, -0.2) is 0 Å². The molecule has 0 atom stereocenters. The summed E-state index contributed by atoms with van der Waals surface area (Å²) in [6, 6.07) is 33.2. The number of hydrogen-bond acceptors (Lipinski definition) is 3. The van der Waals surface area contributed by atoms with Crippen LogP contribution in [-0.2, 0) is 6.42 Å². The van der Waals surface area contributed by atoms with E-state index in [9.17, 15) is 5.21 Å². The molecule has 0 unspecified atom stereocenters. The number of azo groups is 1. The van der Waals surface area contributed by atoms with E-state index in [0.717, 1.165) is 28.7 Å². The monoisotopic (exact) mass is 445 g/mol. The minimum atomic E-state index is 0.483. The van der Waals surface area contributed by atoms with Gasteiger partial charge < -0.3 is 5.21 Å². The number of unbranched alkanes of at least 4 members (excludes halogenated alkanes) is 2. The van der Waals surface area contributed by atoms with Gasteiger partial charge in [0, 0.05) is 17.2 Å². The van der Waals surface area contributed by atoms with Crippen LogP contribution in [0.25, 0.3) is 22.3 Å². The van der Waals surface area contributed by atoms with Crippen LogP contribution in [0.4, 0.5) is 11.4 Å². The molecule has 0 aromatic heterocycles. The second-order valence-electron chi connectivity index (χ2n) is 8.31. The van der Waals surface area contributed by atoms with Crippen molar-refractivity contribution in [2.75, 3.05) is 0 Å². The van der Waals surface area contributed by atoms with Crippen molar-refractivity contribution in [2.24, 2.45) is 5.11 Å². The number of benzene rings is 4. The lowest BCUT2D eigenvalue weighted by molar-refractivity contribution is -0.435. The first-order chi connectivity index (χ1) is 16.7. The zero-order valence-corrected chi connectivity index (χ0v) is 19.3. The normalized spacial score (nSPS) is 11.2. The van der Waals surface area contributed by atoms with Crippen molar-refractivity contribution >= 4 is 11.4 Å². The molecule has 34 heavy (non-hydrogen) atoms. The van der Waals surface area contributed by atoms with Crippen molar-refractivity contribution < 1.29 is 4.86 Å². The molecule has 0 saturated carbocycles. The molecule has 0 aliphatic heterocycles. The van der Waals surface area contributed by atoms with E-state index in [2.05, 4.69) is 42.4 Å². The Kier molecular flexibility index (Phi) is 7.47. The molecule has 0 N–H and O–H groups in total. The zero-order chi connectivity index (χ0) is 23.8. The molecule has 0 saturated heterocycles. The molecular weight excluding hydrogens is 418 g/mol. The molecule has 0 spiro atoms. The number of hydrogen-bond donors (Lipinski definition) is 0. The molecule has 0 aliphatic rings. The van der Waals surface area contributed by atoms with E-state index in [1.807, 2.05) is 48.5 Å². The summed E-state index contributed by atoms with van der Waals surface area (Å²) in [6.07, 6.45) is 4.85. The van der Waals surface area contributed by atoms with Crippen LogP contribution in [0.2, 0.25) is 0 Å². The molecule has 0 heterocycles. The van der Waals surface area contributed by atoms with Crippen molar-refractivity contribution in [3.8, 4) is 28.3 Å². The standard InChI is InChI=1S/C30H27N3O/c1-2-3-4-5-23-6-10-25(11-7-23)28-16-20-30(21-17-28)33(34)32-29-18-14-27(15-19-29)26-12-8-24(22-31)9-13-26/h6-21H,2-5H2,1H3. The van der Waals surface area contributed by atoms with E-state index < -0.39 is 0 Å². The first-order valence-electron chi connectivity index (χ1n) is 11.6. The average Bonchev–Trinajstić information content (AvgIpc) is 2.90. The Morgan fingerprint density at radius 2 is 1.21 bits per heavy atom. The Bertz CT molecular complexity index is 1280. The first-order valence-corrected chi connectivity index (χ1v) is 11.6. The van der Waals surface area contributed by atoms with Crippen molar-refractivity contribution in [3.63, 3.8) is 0 Å². The summed E-state index contributed by atoms with van der Waals surface area (Å²) in [5.41, 5.74) is 7.27. The summed E-state index contributed by atoms with van der Waals surface area (Å²) in [5, 5.41) is 25.7. The maximum Gasteiger partial charge on any atom is 0.244 e. The third-order valence-corrected chi connectivity index (χ3v) is 5.87. The molecule has 4 heteroatoms. The SMILES string of the molecule is CCCCCc1ccc(-c2ccc([N+]([O-])=Nc3ccc(-c4ccc(C#N)cc4)cc3)cc2)cc1. The fourth-order valence-corrected chi connectivity index (χ4v) is 3.84. The third kappa shape index (κ3) is 5.76. The molecule has 0 aliphatic carbocycles. The molecule has 0 radical (unpaired) electrons. The maximum atomic E-state index is 12.6. The van der Waals surface area contributed by atoms with Gasteiger partial charge in [-0.15, -0.1) is 0 Å². The molecule has 168 valence electrons. The van der Waals surface area contributed by atoms with Crippen molar-refractivity contribution in [2.45, 2.75) is 32.6 Å². The Labute approximate surface area is 201 Å². The smallest absolute Gasteiger partial charge is 0.244 e. The molecule has 4 aromatic carbocycles. The van der Waals surface area contributed by atoms with E-state index >= 15 is 0 Å². The molecule has 0 amide bonds. The van der Waals surface area contributed by atoms with Crippen molar-refractivity contribution in [1.29, 1.82) is 5.26 Å². The van der Waals surface area contributed by atoms with E-state index in [4.69, 9.17) is 5.26 Å². The van der Waals surface area contributed by atoms with Crippen molar-refractivity contribution in [1.82, 2.24) is 0 Å². The summed E-state index contributed by atoms with van der Waals surface area (Å²) in [7, 11) is 0. The van der Waals surface area contributed by atoms with E-state index in [1.165, 1.54) is 24.8 Å². The molecule has 0 fully saturated rings. The van der Waals surface area contributed by atoms with Gasteiger partial charge in [0.1, 0.15) is 5.69 Å². The van der Waals surface area contributed by atoms with Crippen LogP contribution >= 0.6 is 0 Å². The van der Waals surface area contributed by atoms with Gasteiger partial charge in [-0.3, -0.25) is 0 Å². The van der Waals surface area contributed by atoms with Crippen molar-refractivity contribution in [3.05, 3.63) is 113 Å². The lowest BCUT2D eigenvalue weighted by atomic mass is 10.0. The number of nitrogens with zero attached hydrogens (tertiary/aromatic N) is 3. The zero-order valence-electron chi connectivity index (χ0n) is 19.3. The summed E-state index contributed by atoms with van der Waals surface area (Å²) >= 11 is 0. The third-order valence-electron chi connectivity index (χ3n) is 5.87. The van der Waals surface area contributed by atoms with Crippen LogP contribution in [0, 0.1) is 16.5 Å². The van der Waals surface area contributed by atoms with Gasteiger partial charge in [0.2, 0.25) is 5.69 Å². The van der Waals surface area contributed by atoms with E-state index in [1.54, 1.807) is 24.3 Å². The summed E-state index contributed by atoms with van der Waals surface area (Å²) in [5.74, 6) is 0. The van der Waals surface area contributed by atoms with Gasteiger partial charge in [0.25, 0.3) is 0 Å². The molecule has 4 nitrogen and oxygen atoms in total. The lowest BCUT2D eigenvalue weighted by Gasteiger charge is -2.06. The van der Waals surface area contributed by atoms with Gasteiger partial charge in [-0.2, -0.15) is 5.26 Å². The van der Waals surface area contributed by atoms with Crippen LogP contribution in [0.3, 0.4) is 0 Å². The van der Waals surface area contributed by atoms with Crippen LogP contribution in [0.1, 0.15) is 37.3 Å². The fraction of sp³-hybridized carbons (Fsp3) is 0.167. The van der Waals surface area contributed by atoms with Gasteiger partial charge >= 0.3 is 0 Å². The number of nitriles is 1. The minimum Gasteiger partial charge on any atom is -0.594 e. The highest BCUT2D eigenvalue weighted by molar-refractivity contribution is 5.66. The van der Waals surface area contributed by atoms with Gasteiger partial charge in [0.05, 0.1) is 11.6 Å². The Hall–Kier alpha value is -4.23. The van der Waals surface area contributed by atoms with Crippen LogP contribution < -0.4 is 0 Å². The number of rotatable bonds is 8. The number of aryl methyl sites for hydroxylation is 1. The van der Waals surface area contributed by atoms with E-state index in [0.29, 0.717) is 21.8 Å². The average molecular weight is 446 g/mol. The predicted molar refractivity (Wildman–Crippen MR) is 137 cm³/mol. The van der Waals surface area contributed by atoms with E-state index in [-0.39, 0.29) is 0 Å². The highest BCUT2D eigenvalue weighted by Gasteiger charge is 2.07. The van der Waals surface area contributed by atoms with Crippen LogP contribution in [-0.4, -0.2) is 4.86 Å². The molecular formula is C30H27N3O. The van der Waals surface area contributed by atoms with Crippen LogP contribution in [0.15, 0.2) is 102 Å². The van der Waals surface area contributed by atoms with Crippen LogP contribution in [0.5, 0.6) is 0 Å². The summed E-state index contributed by atoms with van der Waals surface area (Å²) in [4.78, 5) is 0.650. The molecule has 4 aromatic rings. The molecule has 0 bridgehead atoms. The van der Waals surface area contributed by atoms with Gasteiger partial charge in [-0.1, -0.05) is 73.2 Å². The quantitative estimate of drug-likeness (QED) is 0.118. The lowest BCUT2D eigenvalue weighted by Crippen LogP contribution is -1.91. The second kappa shape index (κ2) is 11.1. The molecule has 4 rings (SSSR count).